The van der Waals surface area contributed by atoms with Crippen LogP contribution in [0.1, 0.15) is 39.5 Å². The Bertz CT molecular complexity index is 432. The number of rotatable bonds is 0. The van der Waals surface area contributed by atoms with Crippen LogP contribution in [0.2, 0.25) is 0 Å². The smallest absolute Gasteiger partial charge is 0.115 e. The summed E-state index contributed by atoms with van der Waals surface area (Å²) in [7, 11) is 0. The summed E-state index contributed by atoms with van der Waals surface area (Å²) in [5.41, 5.74) is -1.83. The van der Waals surface area contributed by atoms with Crippen molar-refractivity contribution in [1.29, 1.82) is 0 Å². The topological polar surface area (TPSA) is 80.9 Å². The molecule has 0 saturated heterocycles. The lowest BCUT2D eigenvalue weighted by atomic mass is 9.46. The Labute approximate surface area is 120 Å². The van der Waals surface area contributed by atoms with Crippen molar-refractivity contribution in [2.75, 3.05) is 0 Å². The van der Waals surface area contributed by atoms with Gasteiger partial charge in [-0.2, -0.15) is 0 Å². The van der Waals surface area contributed by atoms with Crippen molar-refractivity contribution < 1.29 is 20.4 Å². The van der Waals surface area contributed by atoms with Gasteiger partial charge in [-0.25, -0.2) is 0 Å². The number of aliphatic hydroxyl groups excluding tert-OH is 2. The van der Waals surface area contributed by atoms with E-state index in [-0.39, 0.29) is 24.2 Å². The average Bonchev–Trinajstić information content (AvgIpc) is 2.32. The fourth-order valence-corrected chi connectivity index (χ4v) is 5.29. The van der Waals surface area contributed by atoms with Crippen molar-refractivity contribution >= 4 is 0 Å². The summed E-state index contributed by atoms with van der Waals surface area (Å²) in [6, 6.07) is 0. The van der Waals surface area contributed by atoms with E-state index in [0.29, 0.717) is 18.4 Å². The monoisotopic (exact) mass is 282 g/mol. The molecule has 3 rings (SSSR count). The van der Waals surface area contributed by atoms with Crippen LogP contribution in [0.25, 0.3) is 0 Å². The van der Waals surface area contributed by atoms with E-state index in [1.54, 1.807) is 6.92 Å². The Hall–Kier alpha value is -0.420. The molecule has 0 unspecified atom stereocenters. The molecule has 20 heavy (non-hydrogen) atoms. The zero-order valence-electron chi connectivity index (χ0n) is 12.3. The van der Waals surface area contributed by atoms with Gasteiger partial charge in [-0.05, 0) is 50.0 Å². The van der Waals surface area contributed by atoms with Gasteiger partial charge in [0.2, 0.25) is 0 Å². The van der Waals surface area contributed by atoms with E-state index in [2.05, 4.69) is 13.5 Å². The predicted octanol–water partition coefficient (Wildman–Crippen LogP) is 0.832. The molecule has 4 N–H and O–H groups in total. The molecule has 0 aliphatic heterocycles. The third-order valence-electron chi connectivity index (χ3n) is 6.33. The second-order valence-corrected chi connectivity index (χ2v) is 7.54. The fraction of sp³-hybridized carbons (Fsp3) is 0.875. The van der Waals surface area contributed by atoms with Gasteiger partial charge in [-0.3, -0.25) is 0 Å². The molecule has 3 saturated carbocycles. The van der Waals surface area contributed by atoms with Gasteiger partial charge >= 0.3 is 0 Å². The third kappa shape index (κ3) is 1.68. The summed E-state index contributed by atoms with van der Waals surface area (Å²) >= 11 is 0. The van der Waals surface area contributed by atoms with E-state index in [9.17, 15) is 20.4 Å². The van der Waals surface area contributed by atoms with Gasteiger partial charge in [-0.1, -0.05) is 13.5 Å². The lowest BCUT2D eigenvalue weighted by Crippen LogP contribution is -2.69. The SMILES string of the molecule is C=C1C[C@H](O)[C@H]2[C@H]3[C@H](CC[C@]2(C)O)[C@@H](C)C[C@H](O)[C@@]13O. The molecule has 0 amide bonds. The maximum absolute atomic E-state index is 11.1. The molecule has 8 atom stereocenters. The van der Waals surface area contributed by atoms with Crippen LogP contribution in [0.15, 0.2) is 12.2 Å². The Kier molecular flexibility index (Phi) is 3.11. The summed E-state index contributed by atoms with van der Waals surface area (Å²) in [5, 5.41) is 42.7. The number of hydrogen-bond donors (Lipinski definition) is 4. The van der Waals surface area contributed by atoms with Gasteiger partial charge in [0.25, 0.3) is 0 Å². The van der Waals surface area contributed by atoms with E-state index in [1.807, 2.05) is 0 Å². The highest BCUT2D eigenvalue weighted by Gasteiger charge is 2.65. The normalized spacial score (nSPS) is 59.2. The zero-order valence-corrected chi connectivity index (χ0v) is 12.3. The number of hydrogen-bond acceptors (Lipinski definition) is 4. The van der Waals surface area contributed by atoms with Crippen LogP contribution < -0.4 is 0 Å². The van der Waals surface area contributed by atoms with Crippen LogP contribution in [0.5, 0.6) is 0 Å². The molecule has 0 aromatic heterocycles. The van der Waals surface area contributed by atoms with E-state index in [1.165, 1.54) is 0 Å². The fourth-order valence-electron chi connectivity index (χ4n) is 5.29. The maximum atomic E-state index is 11.1. The van der Waals surface area contributed by atoms with Crippen molar-refractivity contribution in [2.24, 2.45) is 23.7 Å². The molecule has 0 radical (unpaired) electrons. The minimum Gasteiger partial charge on any atom is -0.392 e. The van der Waals surface area contributed by atoms with Crippen molar-refractivity contribution in [3.05, 3.63) is 12.2 Å². The molecule has 3 fully saturated rings. The quantitative estimate of drug-likeness (QED) is 0.496. The Morgan fingerprint density at radius 1 is 1.20 bits per heavy atom. The van der Waals surface area contributed by atoms with Gasteiger partial charge in [0.05, 0.1) is 17.8 Å². The van der Waals surface area contributed by atoms with Gasteiger partial charge in [0.1, 0.15) is 5.60 Å². The van der Waals surface area contributed by atoms with Crippen molar-refractivity contribution in [2.45, 2.75) is 62.9 Å². The molecule has 4 nitrogen and oxygen atoms in total. The van der Waals surface area contributed by atoms with E-state index in [0.717, 1.165) is 6.42 Å². The standard InChI is InChI=1S/C16H26O4/c1-8-6-12(18)16(20)9(2)7-11(17)14-13(16)10(8)4-5-15(14,3)19/h8,10-14,17-20H,2,4-7H2,1,3H3/t8-,10+,11-,12-,13+,14-,15-,16-/m0/s1. The second kappa shape index (κ2) is 4.29. The first-order valence-corrected chi connectivity index (χ1v) is 7.68. The molecule has 3 aliphatic carbocycles. The molecule has 3 aliphatic rings. The highest BCUT2D eigenvalue weighted by atomic mass is 16.3. The average molecular weight is 282 g/mol. The third-order valence-corrected chi connectivity index (χ3v) is 6.33. The first-order chi connectivity index (χ1) is 9.19. The Morgan fingerprint density at radius 3 is 2.50 bits per heavy atom. The second-order valence-electron chi connectivity index (χ2n) is 7.54. The largest absolute Gasteiger partial charge is 0.392 e. The lowest BCUT2D eigenvalue weighted by molar-refractivity contribution is -0.243. The van der Waals surface area contributed by atoms with Crippen LogP contribution in [0.3, 0.4) is 0 Å². The van der Waals surface area contributed by atoms with Crippen LogP contribution in [-0.2, 0) is 0 Å². The first kappa shape index (κ1) is 14.5. The van der Waals surface area contributed by atoms with Gasteiger partial charge in [-0.15, -0.1) is 0 Å². The summed E-state index contributed by atoms with van der Waals surface area (Å²) < 4.78 is 0. The number of aliphatic hydroxyl groups is 4. The summed E-state index contributed by atoms with van der Waals surface area (Å²) in [5.74, 6) is -0.192. The molecule has 0 bridgehead atoms. The van der Waals surface area contributed by atoms with Crippen LogP contribution >= 0.6 is 0 Å². The van der Waals surface area contributed by atoms with Crippen LogP contribution in [0.4, 0.5) is 0 Å². The van der Waals surface area contributed by atoms with E-state index in [4.69, 9.17) is 0 Å². The minimum atomic E-state index is -1.36. The summed E-state index contributed by atoms with van der Waals surface area (Å²) in [6.45, 7) is 7.76. The zero-order chi connectivity index (χ0) is 14.9. The summed E-state index contributed by atoms with van der Waals surface area (Å²) in [6.07, 6.45) is 0.731. The highest BCUT2D eigenvalue weighted by molar-refractivity contribution is 5.29. The maximum Gasteiger partial charge on any atom is 0.115 e. The molecule has 114 valence electrons. The summed E-state index contributed by atoms with van der Waals surface area (Å²) in [4.78, 5) is 0. The van der Waals surface area contributed by atoms with Gasteiger partial charge < -0.3 is 20.4 Å². The van der Waals surface area contributed by atoms with Crippen molar-refractivity contribution in [3.8, 4) is 0 Å². The predicted molar refractivity (Wildman–Crippen MR) is 74.8 cm³/mol. The van der Waals surface area contributed by atoms with Crippen LogP contribution in [0, 0.1) is 23.7 Å². The minimum absolute atomic E-state index is 0.223. The Morgan fingerprint density at radius 2 is 1.85 bits per heavy atom. The van der Waals surface area contributed by atoms with Crippen molar-refractivity contribution in [1.82, 2.24) is 0 Å². The molecular formula is C16H26O4. The van der Waals surface area contributed by atoms with Gasteiger partial charge in [0.15, 0.2) is 0 Å². The molecule has 0 spiro atoms. The molecule has 0 aromatic rings. The van der Waals surface area contributed by atoms with E-state index < -0.39 is 29.3 Å². The highest BCUT2D eigenvalue weighted by Crippen LogP contribution is 2.60. The van der Waals surface area contributed by atoms with Crippen molar-refractivity contribution in [3.63, 3.8) is 0 Å². The lowest BCUT2D eigenvalue weighted by Gasteiger charge is -2.63. The molecular weight excluding hydrogens is 256 g/mol. The van der Waals surface area contributed by atoms with E-state index >= 15 is 0 Å². The first-order valence-electron chi connectivity index (χ1n) is 7.68. The van der Waals surface area contributed by atoms with Crippen LogP contribution in [-0.4, -0.2) is 43.8 Å². The Balaban J connectivity index is 2.11. The molecule has 0 heterocycles. The molecule has 4 heteroatoms. The van der Waals surface area contributed by atoms with Gasteiger partial charge in [0, 0.05) is 11.8 Å². The molecule has 0 aromatic carbocycles.